The molecule has 9 atom stereocenters. The standard InChI is InChI=1S/C25H41NO5/c1-15(27)31-21-7-6-17-16-12-20(28)19-13-25(26(29)22(2,3)14-30-25)11-10-23(19,4)18(16)8-9-24(17,21)5/h16-21,28-29H,6-14H2,1-5H3/t16-,17-,18-,19-,20-,21-,23+,24-,25+/m0/s1. The summed E-state index contributed by atoms with van der Waals surface area (Å²) in [6.07, 6.45) is 7.22. The molecule has 0 aromatic rings. The Morgan fingerprint density at radius 1 is 1.00 bits per heavy atom. The highest BCUT2D eigenvalue weighted by Crippen LogP contribution is 2.68. The van der Waals surface area contributed by atoms with Crippen LogP contribution in [0, 0.1) is 34.5 Å². The summed E-state index contributed by atoms with van der Waals surface area (Å²) in [7, 11) is 0. The second-order valence-corrected chi connectivity index (χ2v) is 12.6. The Labute approximate surface area is 186 Å². The number of aliphatic hydroxyl groups excluding tert-OH is 1. The van der Waals surface area contributed by atoms with Crippen molar-refractivity contribution in [3.05, 3.63) is 0 Å². The largest absolute Gasteiger partial charge is 0.462 e. The predicted octanol–water partition coefficient (Wildman–Crippen LogP) is 4.13. The maximum atomic E-state index is 11.7. The minimum absolute atomic E-state index is 0.0188. The van der Waals surface area contributed by atoms with Crippen LogP contribution in [0.5, 0.6) is 0 Å². The Morgan fingerprint density at radius 3 is 2.35 bits per heavy atom. The lowest BCUT2D eigenvalue weighted by Gasteiger charge is -2.63. The van der Waals surface area contributed by atoms with Gasteiger partial charge >= 0.3 is 5.97 Å². The van der Waals surface area contributed by atoms with E-state index in [-0.39, 0.29) is 34.9 Å². The van der Waals surface area contributed by atoms with Crippen molar-refractivity contribution in [2.75, 3.05) is 6.61 Å². The van der Waals surface area contributed by atoms with E-state index in [1.165, 1.54) is 12.0 Å². The van der Waals surface area contributed by atoms with Crippen LogP contribution in [0.4, 0.5) is 0 Å². The molecule has 176 valence electrons. The smallest absolute Gasteiger partial charge is 0.302 e. The molecule has 1 heterocycles. The van der Waals surface area contributed by atoms with E-state index in [0.717, 1.165) is 44.9 Å². The second kappa shape index (κ2) is 6.91. The number of hydrogen-bond donors (Lipinski definition) is 2. The Hall–Kier alpha value is -0.690. The van der Waals surface area contributed by atoms with Crippen molar-refractivity contribution in [2.24, 2.45) is 34.5 Å². The normalized spacial score (nSPS) is 53.6. The monoisotopic (exact) mass is 435 g/mol. The molecular weight excluding hydrogens is 394 g/mol. The first-order chi connectivity index (χ1) is 14.4. The van der Waals surface area contributed by atoms with Gasteiger partial charge in [-0.3, -0.25) is 4.79 Å². The molecule has 6 nitrogen and oxygen atoms in total. The number of hydroxylamine groups is 2. The van der Waals surface area contributed by atoms with E-state index < -0.39 is 11.3 Å². The molecule has 1 spiro atoms. The van der Waals surface area contributed by atoms with Gasteiger partial charge in [-0.2, -0.15) is 5.06 Å². The first-order valence-corrected chi connectivity index (χ1v) is 12.4. The number of ether oxygens (including phenoxy) is 2. The van der Waals surface area contributed by atoms with Gasteiger partial charge in [-0.25, -0.2) is 0 Å². The average Bonchev–Trinajstić information content (AvgIpc) is 3.13. The molecule has 2 N–H and O–H groups in total. The number of aliphatic hydroxyl groups is 1. The van der Waals surface area contributed by atoms with Crippen LogP contribution in [0.25, 0.3) is 0 Å². The first kappa shape index (κ1) is 22.1. The number of esters is 1. The second-order valence-electron chi connectivity index (χ2n) is 12.6. The predicted molar refractivity (Wildman–Crippen MR) is 115 cm³/mol. The lowest BCUT2D eigenvalue weighted by Crippen LogP contribution is -2.63. The molecule has 0 aromatic carbocycles. The SMILES string of the molecule is CC(=O)O[C@H]1CC[C@H]2[C@@H]3C[C@H](O)[C@@H]4C[C@@]5(CC[C@]4(C)[C@H]3CC[C@]12C)OCC(C)(C)N5O. The third-order valence-electron chi connectivity index (χ3n) is 10.6. The Morgan fingerprint density at radius 2 is 1.71 bits per heavy atom. The van der Waals surface area contributed by atoms with E-state index >= 15 is 0 Å². The van der Waals surface area contributed by atoms with Crippen LogP contribution in [0.3, 0.4) is 0 Å². The summed E-state index contributed by atoms with van der Waals surface area (Å²) in [5.74, 6) is 1.54. The molecule has 4 saturated carbocycles. The van der Waals surface area contributed by atoms with E-state index in [1.807, 2.05) is 13.8 Å². The molecule has 0 aromatic heterocycles. The summed E-state index contributed by atoms with van der Waals surface area (Å²) in [6.45, 7) is 10.8. The molecular formula is C25H41NO5. The Kier molecular flexibility index (Phi) is 4.93. The van der Waals surface area contributed by atoms with Crippen molar-refractivity contribution in [3.8, 4) is 0 Å². The number of rotatable bonds is 1. The maximum Gasteiger partial charge on any atom is 0.302 e. The molecule has 5 fully saturated rings. The topological polar surface area (TPSA) is 79.2 Å². The zero-order valence-corrected chi connectivity index (χ0v) is 19.9. The van der Waals surface area contributed by atoms with Gasteiger partial charge in [0.05, 0.1) is 18.2 Å². The molecule has 5 aliphatic rings. The van der Waals surface area contributed by atoms with Crippen LogP contribution < -0.4 is 0 Å². The average molecular weight is 436 g/mol. The highest BCUT2D eigenvalue weighted by molar-refractivity contribution is 5.66. The number of nitrogens with zero attached hydrogens (tertiary/aromatic N) is 1. The number of carbonyl (C=O) groups is 1. The molecule has 4 aliphatic carbocycles. The maximum absolute atomic E-state index is 11.7. The molecule has 0 amide bonds. The van der Waals surface area contributed by atoms with Gasteiger partial charge < -0.3 is 19.8 Å². The van der Waals surface area contributed by atoms with Crippen LogP contribution >= 0.6 is 0 Å². The number of fused-ring (bicyclic) bond motifs is 5. The molecule has 5 rings (SSSR count). The summed E-state index contributed by atoms with van der Waals surface area (Å²) in [4.78, 5) is 11.7. The fourth-order valence-corrected chi connectivity index (χ4v) is 8.90. The Bertz CT molecular complexity index is 756. The van der Waals surface area contributed by atoms with Gasteiger partial charge in [0.15, 0.2) is 0 Å². The molecule has 1 saturated heterocycles. The minimum Gasteiger partial charge on any atom is -0.462 e. The highest BCUT2D eigenvalue weighted by atomic mass is 16.6. The van der Waals surface area contributed by atoms with Gasteiger partial charge in [-0.15, -0.1) is 0 Å². The van der Waals surface area contributed by atoms with E-state index in [1.54, 1.807) is 0 Å². The van der Waals surface area contributed by atoms with Crippen LogP contribution in [0.1, 0.15) is 86.0 Å². The molecule has 0 bridgehead atoms. The third-order valence-corrected chi connectivity index (χ3v) is 10.6. The van der Waals surface area contributed by atoms with Crippen molar-refractivity contribution in [1.29, 1.82) is 0 Å². The summed E-state index contributed by atoms with van der Waals surface area (Å²) >= 11 is 0. The lowest BCUT2D eigenvalue weighted by atomic mass is 9.44. The zero-order chi connectivity index (χ0) is 22.4. The van der Waals surface area contributed by atoms with Gasteiger partial charge in [0.1, 0.15) is 11.8 Å². The third kappa shape index (κ3) is 3.00. The molecule has 6 heteroatoms. The molecule has 0 radical (unpaired) electrons. The molecule has 31 heavy (non-hydrogen) atoms. The highest BCUT2D eigenvalue weighted by Gasteiger charge is 2.66. The van der Waals surface area contributed by atoms with Gasteiger partial charge in [0, 0.05) is 12.3 Å². The van der Waals surface area contributed by atoms with E-state index in [0.29, 0.717) is 30.8 Å². The first-order valence-electron chi connectivity index (χ1n) is 12.4. The molecule has 1 aliphatic heterocycles. The number of carbonyl (C=O) groups excluding carboxylic acids is 1. The van der Waals surface area contributed by atoms with Crippen molar-refractivity contribution in [1.82, 2.24) is 5.06 Å². The lowest BCUT2D eigenvalue weighted by molar-refractivity contribution is -0.292. The Balaban J connectivity index is 1.40. The fourth-order valence-electron chi connectivity index (χ4n) is 8.90. The quantitative estimate of drug-likeness (QED) is 0.603. The van der Waals surface area contributed by atoms with E-state index in [2.05, 4.69) is 13.8 Å². The van der Waals surface area contributed by atoms with E-state index in [4.69, 9.17) is 9.47 Å². The van der Waals surface area contributed by atoms with Crippen molar-refractivity contribution < 1.29 is 24.6 Å². The van der Waals surface area contributed by atoms with Crippen molar-refractivity contribution in [3.63, 3.8) is 0 Å². The fraction of sp³-hybridized carbons (Fsp3) is 0.960. The summed E-state index contributed by atoms with van der Waals surface area (Å²) < 4.78 is 12.0. The summed E-state index contributed by atoms with van der Waals surface area (Å²) in [6, 6.07) is 0. The summed E-state index contributed by atoms with van der Waals surface area (Å²) in [5, 5.41) is 23.9. The minimum atomic E-state index is -0.654. The van der Waals surface area contributed by atoms with Crippen molar-refractivity contribution >= 4 is 5.97 Å². The van der Waals surface area contributed by atoms with Crippen LogP contribution in [-0.4, -0.2) is 51.4 Å². The van der Waals surface area contributed by atoms with E-state index in [9.17, 15) is 15.1 Å². The van der Waals surface area contributed by atoms with Crippen LogP contribution in [-0.2, 0) is 14.3 Å². The van der Waals surface area contributed by atoms with Gasteiger partial charge in [-0.05, 0) is 94.3 Å². The van der Waals surface area contributed by atoms with Crippen molar-refractivity contribution in [2.45, 2.75) is 109 Å². The zero-order valence-electron chi connectivity index (χ0n) is 19.9. The van der Waals surface area contributed by atoms with Gasteiger partial charge in [0.25, 0.3) is 0 Å². The van der Waals surface area contributed by atoms with Gasteiger partial charge in [0.2, 0.25) is 0 Å². The van der Waals surface area contributed by atoms with Crippen LogP contribution in [0.2, 0.25) is 0 Å². The number of hydrogen-bond acceptors (Lipinski definition) is 6. The van der Waals surface area contributed by atoms with Gasteiger partial charge in [-0.1, -0.05) is 13.8 Å². The van der Waals surface area contributed by atoms with Crippen LogP contribution in [0.15, 0.2) is 0 Å². The molecule has 0 unspecified atom stereocenters. The summed E-state index contributed by atoms with van der Waals surface area (Å²) in [5.41, 5.74) is -0.950.